The highest BCUT2D eigenvalue weighted by Gasteiger charge is 2.39. The van der Waals surface area contributed by atoms with Crippen molar-refractivity contribution in [1.82, 2.24) is 10.3 Å². The van der Waals surface area contributed by atoms with Gasteiger partial charge in [0.05, 0.1) is 5.54 Å². The maximum atomic E-state index is 12.2. The zero-order valence-corrected chi connectivity index (χ0v) is 10.4. The Morgan fingerprint density at radius 2 is 2.41 bits per heavy atom. The average molecular weight is 233 g/mol. The molecule has 1 aliphatic rings. The Balaban J connectivity index is 2.08. The summed E-state index contributed by atoms with van der Waals surface area (Å²) in [6, 6.07) is 3.79. The predicted octanol–water partition coefficient (Wildman–Crippen LogP) is 1.86. The molecule has 1 amide bonds. The number of aromatic nitrogens is 1. The van der Waals surface area contributed by atoms with Crippen molar-refractivity contribution in [3.05, 3.63) is 23.9 Å². The summed E-state index contributed by atoms with van der Waals surface area (Å²) in [5.74, 6) is 0.663. The van der Waals surface area contributed by atoms with E-state index in [1.165, 1.54) is 0 Å². The second kappa shape index (κ2) is 4.84. The SMILES string of the molecule is CCC1(C(=O)Nc2ccc(C)cn2)CCCN1. The van der Waals surface area contributed by atoms with Crippen LogP contribution in [0.2, 0.25) is 0 Å². The number of amides is 1. The topological polar surface area (TPSA) is 54.0 Å². The molecule has 1 unspecified atom stereocenters. The van der Waals surface area contributed by atoms with E-state index in [2.05, 4.69) is 15.6 Å². The fourth-order valence-corrected chi connectivity index (χ4v) is 2.24. The number of carbonyl (C=O) groups excluding carboxylic acids is 1. The third-order valence-corrected chi connectivity index (χ3v) is 3.43. The summed E-state index contributed by atoms with van der Waals surface area (Å²) in [4.78, 5) is 16.4. The lowest BCUT2D eigenvalue weighted by Gasteiger charge is -2.26. The summed E-state index contributed by atoms with van der Waals surface area (Å²) in [5.41, 5.74) is 0.694. The maximum Gasteiger partial charge on any atom is 0.245 e. The second-order valence-corrected chi connectivity index (χ2v) is 4.64. The highest BCUT2D eigenvalue weighted by atomic mass is 16.2. The molecular weight excluding hydrogens is 214 g/mol. The smallest absolute Gasteiger partial charge is 0.245 e. The van der Waals surface area contributed by atoms with Crippen LogP contribution in [0.15, 0.2) is 18.3 Å². The highest BCUT2D eigenvalue weighted by molar-refractivity contribution is 5.97. The van der Waals surface area contributed by atoms with E-state index in [9.17, 15) is 4.79 Å². The Morgan fingerprint density at radius 3 is 2.94 bits per heavy atom. The van der Waals surface area contributed by atoms with Gasteiger partial charge in [0, 0.05) is 6.20 Å². The van der Waals surface area contributed by atoms with Crippen LogP contribution in [0, 0.1) is 6.92 Å². The lowest BCUT2D eigenvalue weighted by atomic mass is 9.93. The first-order valence-electron chi connectivity index (χ1n) is 6.15. The first kappa shape index (κ1) is 12.0. The number of rotatable bonds is 3. The lowest BCUT2D eigenvalue weighted by Crippen LogP contribution is -2.50. The van der Waals surface area contributed by atoms with Gasteiger partial charge in [0.25, 0.3) is 0 Å². The monoisotopic (exact) mass is 233 g/mol. The molecule has 4 nitrogen and oxygen atoms in total. The van der Waals surface area contributed by atoms with Gasteiger partial charge in [-0.1, -0.05) is 13.0 Å². The molecule has 2 N–H and O–H groups in total. The number of carbonyl (C=O) groups is 1. The van der Waals surface area contributed by atoms with Crippen LogP contribution in [0.4, 0.5) is 5.82 Å². The summed E-state index contributed by atoms with van der Waals surface area (Å²) in [6.07, 6.45) is 4.53. The van der Waals surface area contributed by atoms with Crippen LogP contribution in [-0.4, -0.2) is 23.0 Å². The third kappa shape index (κ3) is 2.47. The van der Waals surface area contributed by atoms with Gasteiger partial charge in [0.2, 0.25) is 5.91 Å². The van der Waals surface area contributed by atoms with Crippen molar-refractivity contribution in [1.29, 1.82) is 0 Å². The van der Waals surface area contributed by atoms with Crippen molar-refractivity contribution < 1.29 is 4.79 Å². The molecule has 17 heavy (non-hydrogen) atoms. The molecule has 0 radical (unpaired) electrons. The number of nitrogens with zero attached hydrogens (tertiary/aromatic N) is 1. The van der Waals surface area contributed by atoms with Gasteiger partial charge in [-0.05, 0) is 44.4 Å². The molecule has 1 aliphatic heterocycles. The first-order valence-corrected chi connectivity index (χ1v) is 6.15. The van der Waals surface area contributed by atoms with Crippen LogP contribution >= 0.6 is 0 Å². The van der Waals surface area contributed by atoms with Crippen LogP contribution in [0.1, 0.15) is 31.7 Å². The molecule has 1 aromatic rings. The molecule has 0 bridgehead atoms. The van der Waals surface area contributed by atoms with Gasteiger partial charge in [-0.25, -0.2) is 4.98 Å². The predicted molar refractivity (Wildman–Crippen MR) is 67.9 cm³/mol. The number of hydrogen-bond acceptors (Lipinski definition) is 3. The normalized spacial score (nSPS) is 23.6. The lowest BCUT2D eigenvalue weighted by molar-refractivity contribution is -0.122. The van der Waals surface area contributed by atoms with Gasteiger partial charge < -0.3 is 10.6 Å². The zero-order chi connectivity index (χ0) is 12.3. The molecule has 4 heteroatoms. The molecule has 0 aromatic carbocycles. The summed E-state index contributed by atoms with van der Waals surface area (Å²) in [5, 5.41) is 6.20. The molecule has 2 rings (SSSR count). The Hall–Kier alpha value is -1.42. The van der Waals surface area contributed by atoms with E-state index in [1.54, 1.807) is 6.20 Å². The van der Waals surface area contributed by atoms with Gasteiger partial charge in [-0.3, -0.25) is 4.79 Å². The fourth-order valence-electron chi connectivity index (χ4n) is 2.24. The van der Waals surface area contributed by atoms with E-state index >= 15 is 0 Å². The quantitative estimate of drug-likeness (QED) is 0.838. The van der Waals surface area contributed by atoms with Gasteiger partial charge in [-0.15, -0.1) is 0 Å². The molecule has 2 heterocycles. The van der Waals surface area contributed by atoms with Crippen molar-refractivity contribution in [3.63, 3.8) is 0 Å². The number of aryl methyl sites for hydroxylation is 1. The second-order valence-electron chi connectivity index (χ2n) is 4.64. The fraction of sp³-hybridized carbons (Fsp3) is 0.538. The summed E-state index contributed by atoms with van der Waals surface area (Å²) in [7, 11) is 0. The number of hydrogen-bond donors (Lipinski definition) is 2. The number of anilines is 1. The summed E-state index contributed by atoms with van der Waals surface area (Å²) in [6.45, 7) is 4.94. The molecule has 0 aliphatic carbocycles. The zero-order valence-electron chi connectivity index (χ0n) is 10.4. The number of pyridine rings is 1. The number of nitrogens with one attached hydrogen (secondary N) is 2. The molecular formula is C13H19N3O. The molecule has 0 spiro atoms. The van der Waals surface area contributed by atoms with Crippen LogP contribution < -0.4 is 10.6 Å². The Morgan fingerprint density at radius 1 is 1.59 bits per heavy atom. The Labute approximate surface area is 102 Å². The van der Waals surface area contributed by atoms with E-state index in [-0.39, 0.29) is 5.91 Å². The Bertz CT molecular complexity index is 394. The van der Waals surface area contributed by atoms with Crippen LogP contribution in [0.3, 0.4) is 0 Å². The van der Waals surface area contributed by atoms with Gasteiger partial charge in [-0.2, -0.15) is 0 Å². The van der Waals surface area contributed by atoms with Gasteiger partial charge >= 0.3 is 0 Å². The van der Waals surface area contributed by atoms with Gasteiger partial charge in [0.1, 0.15) is 5.82 Å². The maximum absolute atomic E-state index is 12.2. The van der Waals surface area contributed by atoms with Crippen molar-refractivity contribution >= 4 is 11.7 Å². The van der Waals surface area contributed by atoms with Crippen molar-refractivity contribution in [2.24, 2.45) is 0 Å². The molecule has 92 valence electrons. The van der Waals surface area contributed by atoms with Gasteiger partial charge in [0.15, 0.2) is 0 Å². The summed E-state index contributed by atoms with van der Waals surface area (Å²) < 4.78 is 0. The standard InChI is InChI=1S/C13H19N3O/c1-3-13(7-4-8-15-13)12(17)16-11-6-5-10(2)9-14-11/h5-6,9,15H,3-4,7-8H2,1-2H3,(H,14,16,17). The van der Waals surface area contributed by atoms with Crippen molar-refractivity contribution in [2.45, 2.75) is 38.6 Å². The van der Waals surface area contributed by atoms with Crippen LogP contribution in [0.25, 0.3) is 0 Å². The first-order chi connectivity index (χ1) is 8.16. The average Bonchev–Trinajstić information content (AvgIpc) is 2.82. The summed E-state index contributed by atoms with van der Waals surface area (Å²) >= 11 is 0. The van der Waals surface area contributed by atoms with Crippen molar-refractivity contribution in [2.75, 3.05) is 11.9 Å². The molecule has 1 fully saturated rings. The minimum Gasteiger partial charge on any atom is -0.309 e. The largest absolute Gasteiger partial charge is 0.309 e. The molecule has 0 saturated carbocycles. The van der Waals surface area contributed by atoms with E-state index in [0.29, 0.717) is 5.82 Å². The molecule has 1 aromatic heterocycles. The van der Waals surface area contributed by atoms with Crippen LogP contribution in [0.5, 0.6) is 0 Å². The molecule has 1 saturated heterocycles. The van der Waals surface area contributed by atoms with Crippen molar-refractivity contribution in [3.8, 4) is 0 Å². The van der Waals surface area contributed by atoms with E-state index in [1.807, 2.05) is 26.0 Å². The van der Waals surface area contributed by atoms with Crippen LogP contribution in [-0.2, 0) is 4.79 Å². The molecule has 1 atom stereocenters. The van der Waals surface area contributed by atoms with E-state index in [4.69, 9.17) is 0 Å². The minimum atomic E-state index is -0.396. The Kier molecular flexibility index (Phi) is 3.43. The highest BCUT2D eigenvalue weighted by Crippen LogP contribution is 2.24. The third-order valence-electron chi connectivity index (χ3n) is 3.43. The van der Waals surface area contributed by atoms with E-state index in [0.717, 1.165) is 31.4 Å². The van der Waals surface area contributed by atoms with E-state index < -0.39 is 5.54 Å². The minimum absolute atomic E-state index is 0.0360.